The molecule has 2 aromatic rings. The van der Waals surface area contributed by atoms with Gasteiger partial charge in [-0.15, -0.1) is 0 Å². The van der Waals surface area contributed by atoms with E-state index in [0.717, 1.165) is 19.3 Å². The summed E-state index contributed by atoms with van der Waals surface area (Å²) in [6, 6.07) is 12.8. The molecule has 2 aliphatic rings. The van der Waals surface area contributed by atoms with Crippen LogP contribution in [0, 0.1) is 0 Å². The van der Waals surface area contributed by atoms with Crippen LogP contribution >= 0.6 is 11.6 Å². The lowest BCUT2D eigenvalue weighted by Gasteiger charge is -2.45. The molecule has 0 saturated heterocycles. The van der Waals surface area contributed by atoms with E-state index in [4.69, 9.17) is 16.3 Å². The van der Waals surface area contributed by atoms with E-state index in [1.807, 2.05) is 24.3 Å². The van der Waals surface area contributed by atoms with Crippen LogP contribution in [0.4, 0.5) is 5.69 Å². The van der Waals surface area contributed by atoms with Crippen LogP contribution < -0.4 is 15.4 Å². The van der Waals surface area contributed by atoms with Gasteiger partial charge in [0.1, 0.15) is 5.75 Å². The van der Waals surface area contributed by atoms with E-state index in [9.17, 15) is 9.59 Å². The summed E-state index contributed by atoms with van der Waals surface area (Å²) in [5.74, 6) is 0.303. The molecule has 2 amide bonds. The van der Waals surface area contributed by atoms with E-state index in [2.05, 4.69) is 10.6 Å². The average Bonchev–Trinajstić information content (AvgIpc) is 3.05. The molecule has 164 valence electrons. The molecule has 1 saturated carbocycles. The summed E-state index contributed by atoms with van der Waals surface area (Å²) in [5.41, 5.74) is -0.144. The number of hydrogen-bond acceptors (Lipinski definition) is 4. The van der Waals surface area contributed by atoms with Gasteiger partial charge in [-0.2, -0.15) is 0 Å². The van der Waals surface area contributed by atoms with Gasteiger partial charge in [-0.05, 0) is 37.1 Å². The molecule has 2 aromatic carbocycles. The van der Waals surface area contributed by atoms with Crippen LogP contribution in [0.25, 0.3) is 0 Å². The Morgan fingerprint density at radius 1 is 1.10 bits per heavy atom. The number of rotatable bonds is 5. The predicted molar refractivity (Wildman–Crippen MR) is 122 cm³/mol. The van der Waals surface area contributed by atoms with Gasteiger partial charge in [-0.25, -0.2) is 0 Å². The molecule has 1 aliphatic carbocycles. The molecule has 4 rings (SSSR count). The minimum Gasteiger partial charge on any atom is -0.496 e. The molecule has 6 nitrogen and oxygen atoms in total. The van der Waals surface area contributed by atoms with Crippen molar-refractivity contribution in [3.63, 3.8) is 0 Å². The number of methoxy groups -OCH3 is 1. The maximum absolute atomic E-state index is 13.7. The van der Waals surface area contributed by atoms with Gasteiger partial charge in [-0.1, -0.05) is 49.1 Å². The first-order valence-electron chi connectivity index (χ1n) is 10.6. The van der Waals surface area contributed by atoms with Crippen LogP contribution in [0.1, 0.15) is 43.2 Å². The highest BCUT2D eigenvalue weighted by molar-refractivity contribution is 6.31. The Labute approximate surface area is 187 Å². The van der Waals surface area contributed by atoms with Crippen molar-refractivity contribution in [3.05, 3.63) is 58.6 Å². The van der Waals surface area contributed by atoms with Gasteiger partial charge in [0.25, 0.3) is 5.91 Å². The van der Waals surface area contributed by atoms with E-state index in [0.29, 0.717) is 40.4 Å². The molecule has 2 N–H and O–H groups in total. The van der Waals surface area contributed by atoms with Crippen LogP contribution in [0.15, 0.2) is 42.5 Å². The monoisotopic (exact) mass is 441 g/mol. The number of nitrogens with one attached hydrogen (secondary N) is 2. The Morgan fingerprint density at radius 3 is 2.48 bits per heavy atom. The topological polar surface area (TPSA) is 70.7 Å². The van der Waals surface area contributed by atoms with Crippen LogP contribution in [0.5, 0.6) is 5.75 Å². The quantitative estimate of drug-likeness (QED) is 0.737. The normalized spacial score (nSPS) is 21.9. The molecule has 7 heteroatoms. The van der Waals surface area contributed by atoms with Gasteiger partial charge >= 0.3 is 0 Å². The number of hydrogen-bond donors (Lipinski definition) is 2. The number of carbonyl (C=O) groups excluding carboxylic acids is 2. The molecule has 0 spiro atoms. The summed E-state index contributed by atoms with van der Waals surface area (Å²) in [7, 11) is 5.10. The standard InChI is InChI=1S/C24H28ClN3O3/c1-28(2)22(30)23(13-7-4-8-14-23)27-24(17-9-5-6-10-20(17)31-3)18-15-16(25)11-12-19(18)26-21(24)29/h5-6,9-12,15,27H,4,7-8,13-14H2,1-3H3,(H,26,29). The summed E-state index contributed by atoms with van der Waals surface area (Å²) in [5, 5.41) is 7.13. The van der Waals surface area contributed by atoms with E-state index in [1.54, 1.807) is 44.3 Å². The third-order valence-electron chi connectivity index (χ3n) is 6.43. The third kappa shape index (κ3) is 3.48. The van der Waals surface area contributed by atoms with Crippen molar-refractivity contribution in [2.75, 3.05) is 26.5 Å². The Kier molecular flexibility index (Phi) is 5.71. The van der Waals surface area contributed by atoms with E-state index >= 15 is 0 Å². The minimum atomic E-state index is -1.31. The fourth-order valence-corrected chi connectivity index (χ4v) is 5.19. The maximum Gasteiger partial charge on any atom is 0.254 e. The highest BCUT2D eigenvalue weighted by atomic mass is 35.5. The minimum absolute atomic E-state index is 0.0234. The highest BCUT2D eigenvalue weighted by Gasteiger charge is 2.56. The van der Waals surface area contributed by atoms with Crippen molar-refractivity contribution in [2.24, 2.45) is 0 Å². The summed E-state index contributed by atoms with van der Waals surface area (Å²) >= 11 is 6.38. The largest absolute Gasteiger partial charge is 0.496 e. The van der Waals surface area contributed by atoms with Crippen molar-refractivity contribution in [1.29, 1.82) is 0 Å². The van der Waals surface area contributed by atoms with E-state index in [1.165, 1.54) is 0 Å². The van der Waals surface area contributed by atoms with Crippen molar-refractivity contribution >= 4 is 29.1 Å². The van der Waals surface area contributed by atoms with Crippen LogP contribution in [0.3, 0.4) is 0 Å². The van der Waals surface area contributed by atoms with E-state index < -0.39 is 11.1 Å². The fourth-order valence-electron chi connectivity index (χ4n) is 5.02. The van der Waals surface area contributed by atoms with Gasteiger partial charge in [0.2, 0.25) is 5.91 Å². The molecule has 1 atom stereocenters. The number of anilines is 1. The maximum atomic E-state index is 13.7. The zero-order valence-electron chi connectivity index (χ0n) is 18.1. The molecular formula is C24H28ClN3O3. The molecule has 1 aliphatic heterocycles. The molecule has 0 radical (unpaired) electrons. The summed E-state index contributed by atoms with van der Waals surface area (Å²) in [6.45, 7) is 0. The van der Waals surface area contributed by atoms with Gasteiger partial charge in [0.05, 0.1) is 12.6 Å². The smallest absolute Gasteiger partial charge is 0.254 e. The number of benzene rings is 2. The van der Waals surface area contributed by atoms with Gasteiger partial charge in [0.15, 0.2) is 5.54 Å². The zero-order valence-corrected chi connectivity index (χ0v) is 18.9. The lowest BCUT2D eigenvalue weighted by Crippen LogP contribution is -2.66. The van der Waals surface area contributed by atoms with Crippen LogP contribution in [-0.4, -0.2) is 43.5 Å². The second kappa shape index (κ2) is 8.17. The Bertz CT molecular complexity index is 1020. The first-order chi connectivity index (χ1) is 14.8. The van der Waals surface area contributed by atoms with Crippen molar-refractivity contribution in [1.82, 2.24) is 10.2 Å². The lowest BCUT2D eigenvalue weighted by molar-refractivity contribution is -0.139. The predicted octanol–water partition coefficient (Wildman–Crippen LogP) is 3.93. The number of likely N-dealkylation sites (N-methyl/N-ethyl adjacent to an activating group) is 1. The summed E-state index contributed by atoms with van der Waals surface area (Å²) in [6.07, 6.45) is 4.21. The molecule has 1 heterocycles. The Hall–Kier alpha value is -2.57. The third-order valence-corrected chi connectivity index (χ3v) is 6.67. The van der Waals surface area contributed by atoms with Crippen molar-refractivity contribution < 1.29 is 14.3 Å². The van der Waals surface area contributed by atoms with E-state index in [-0.39, 0.29) is 11.8 Å². The van der Waals surface area contributed by atoms with Gasteiger partial charge in [-0.3, -0.25) is 14.9 Å². The average molecular weight is 442 g/mol. The van der Waals surface area contributed by atoms with Gasteiger partial charge in [0, 0.05) is 35.9 Å². The van der Waals surface area contributed by atoms with Crippen LogP contribution in [0.2, 0.25) is 5.02 Å². The Morgan fingerprint density at radius 2 is 1.81 bits per heavy atom. The first kappa shape index (κ1) is 21.7. The molecule has 0 aromatic heterocycles. The number of nitrogens with zero attached hydrogens (tertiary/aromatic N) is 1. The number of para-hydroxylation sites is 1. The van der Waals surface area contributed by atoms with Crippen molar-refractivity contribution in [2.45, 2.75) is 43.2 Å². The fraction of sp³-hybridized carbons (Fsp3) is 0.417. The Balaban J connectivity index is 1.98. The molecule has 1 fully saturated rings. The number of ether oxygens (including phenoxy) is 1. The number of carbonyl (C=O) groups is 2. The molecular weight excluding hydrogens is 414 g/mol. The zero-order chi connectivity index (χ0) is 22.2. The van der Waals surface area contributed by atoms with Crippen molar-refractivity contribution in [3.8, 4) is 5.75 Å². The lowest BCUT2D eigenvalue weighted by atomic mass is 9.75. The second-order valence-electron chi connectivity index (χ2n) is 8.56. The second-order valence-corrected chi connectivity index (χ2v) is 9.00. The molecule has 1 unspecified atom stereocenters. The highest BCUT2D eigenvalue weighted by Crippen LogP contribution is 2.47. The summed E-state index contributed by atoms with van der Waals surface area (Å²) < 4.78 is 5.66. The first-order valence-corrected chi connectivity index (χ1v) is 11.0. The SMILES string of the molecule is COc1ccccc1C1(NC2(C(=O)N(C)C)CCCCC2)C(=O)Nc2ccc(Cl)cc21. The van der Waals surface area contributed by atoms with Gasteiger partial charge < -0.3 is 15.0 Å². The number of halogens is 1. The van der Waals surface area contributed by atoms with Crippen LogP contribution in [-0.2, 0) is 15.1 Å². The number of amides is 2. The summed E-state index contributed by atoms with van der Waals surface area (Å²) in [4.78, 5) is 28.9. The molecule has 31 heavy (non-hydrogen) atoms. The molecule has 0 bridgehead atoms. The number of fused-ring (bicyclic) bond motifs is 1.